The van der Waals surface area contributed by atoms with Crippen LogP contribution >= 0.6 is 0 Å². The first-order chi connectivity index (χ1) is 7.84. The molecule has 0 aliphatic rings. The molecule has 17 heavy (non-hydrogen) atoms. The smallest absolute Gasteiger partial charge is 0.0214 e. The largest absolute Gasteiger partial charge is 0.326 e. The molecule has 0 aromatic carbocycles. The Morgan fingerprint density at radius 2 is 1.59 bits per heavy atom. The molecule has 0 radical (unpaired) electrons. The Bertz CT molecular complexity index is 170. The molecule has 1 atom stereocenters. The Kier molecular flexibility index (Phi) is 8.89. The summed E-state index contributed by atoms with van der Waals surface area (Å²) in [5.41, 5.74) is 6.30. The van der Waals surface area contributed by atoms with Crippen LogP contribution in [0.1, 0.15) is 66.7 Å². The van der Waals surface area contributed by atoms with E-state index in [-0.39, 0.29) is 11.5 Å². The Balaban J connectivity index is 3.24. The Morgan fingerprint density at radius 3 is 2.12 bits per heavy atom. The van der Waals surface area contributed by atoms with E-state index in [4.69, 9.17) is 5.73 Å². The van der Waals surface area contributed by atoms with Crippen LogP contribution in [0.5, 0.6) is 0 Å². The second kappa shape index (κ2) is 8.93. The summed E-state index contributed by atoms with van der Waals surface area (Å²) in [6.07, 6.45) is 6.78. The van der Waals surface area contributed by atoms with Crippen LogP contribution in [0.4, 0.5) is 0 Å². The van der Waals surface area contributed by atoms with E-state index in [9.17, 15) is 0 Å². The lowest BCUT2D eigenvalue weighted by molar-refractivity contribution is 0.309. The number of hydrogen-bond donors (Lipinski definition) is 2. The van der Waals surface area contributed by atoms with Crippen LogP contribution in [0.15, 0.2) is 0 Å². The van der Waals surface area contributed by atoms with Crippen LogP contribution in [0.25, 0.3) is 0 Å². The van der Waals surface area contributed by atoms with Gasteiger partial charge in [-0.1, -0.05) is 60.3 Å². The molecular weight excluding hydrogens is 208 g/mol. The average Bonchev–Trinajstić information content (AvgIpc) is 2.19. The molecule has 3 N–H and O–H groups in total. The lowest BCUT2D eigenvalue weighted by Crippen LogP contribution is -2.43. The van der Waals surface area contributed by atoms with Crippen LogP contribution in [0.3, 0.4) is 0 Å². The van der Waals surface area contributed by atoms with Crippen LogP contribution < -0.4 is 11.1 Å². The third-order valence-electron chi connectivity index (χ3n) is 3.36. The topological polar surface area (TPSA) is 38.0 Å². The van der Waals surface area contributed by atoms with E-state index < -0.39 is 0 Å². The molecule has 0 aromatic heterocycles. The minimum Gasteiger partial charge on any atom is -0.326 e. The SMILES string of the molecule is CC(C)CCCCCCNCC(N)C(C)(C)C. The van der Waals surface area contributed by atoms with Crippen molar-refractivity contribution in [2.24, 2.45) is 17.1 Å². The molecule has 0 heterocycles. The molecule has 0 rings (SSSR count). The molecule has 0 fully saturated rings. The molecular formula is C15H34N2. The van der Waals surface area contributed by atoms with E-state index in [1.807, 2.05) is 0 Å². The summed E-state index contributed by atoms with van der Waals surface area (Å²) < 4.78 is 0. The number of nitrogens with one attached hydrogen (secondary N) is 1. The third kappa shape index (κ3) is 10.8. The monoisotopic (exact) mass is 242 g/mol. The number of hydrogen-bond acceptors (Lipinski definition) is 2. The Morgan fingerprint density at radius 1 is 1.00 bits per heavy atom. The predicted molar refractivity (Wildman–Crippen MR) is 78.2 cm³/mol. The van der Waals surface area contributed by atoms with Gasteiger partial charge in [0.15, 0.2) is 0 Å². The fourth-order valence-electron chi connectivity index (χ4n) is 1.72. The van der Waals surface area contributed by atoms with Crippen molar-refractivity contribution < 1.29 is 0 Å². The molecule has 0 amide bonds. The molecule has 2 nitrogen and oxygen atoms in total. The molecule has 0 aliphatic heterocycles. The van der Waals surface area contributed by atoms with Gasteiger partial charge in [0.05, 0.1) is 0 Å². The Labute approximate surface area is 109 Å². The quantitative estimate of drug-likeness (QED) is 0.607. The van der Waals surface area contributed by atoms with E-state index >= 15 is 0 Å². The number of unbranched alkanes of at least 4 members (excludes halogenated alkanes) is 3. The van der Waals surface area contributed by atoms with Crippen molar-refractivity contribution in [1.82, 2.24) is 5.32 Å². The van der Waals surface area contributed by atoms with Crippen LogP contribution in [-0.2, 0) is 0 Å². The molecule has 0 bridgehead atoms. The summed E-state index contributed by atoms with van der Waals surface area (Å²) in [5.74, 6) is 0.859. The van der Waals surface area contributed by atoms with E-state index in [1.54, 1.807) is 0 Å². The van der Waals surface area contributed by atoms with Crippen LogP contribution in [0.2, 0.25) is 0 Å². The maximum Gasteiger partial charge on any atom is 0.0214 e. The number of nitrogens with two attached hydrogens (primary N) is 1. The van der Waals surface area contributed by atoms with Crippen molar-refractivity contribution in [3.05, 3.63) is 0 Å². The van der Waals surface area contributed by atoms with E-state index in [1.165, 1.54) is 32.1 Å². The van der Waals surface area contributed by atoms with Gasteiger partial charge in [-0.15, -0.1) is 0 Å². The summed E-state index contributed by atoms with van der Waals surface area (Å²) in [5, 5.41) is 3.47. The van der Waals surface area contributed by atoms with Crippen molar-refractivity contribution in [3.63, 3.8) is 0 Å². The molecule has 2 heteroatoms. The summed E-state index contributed by atoms with van der Waals surface area (Å²) in [6, 6.07) is 0.253. The minimum atomic E-state index is 0.213. The van der Waals surface area contributed by atoms with Gasteiger partial charge in [-0.3, -0.25) is 0 Å². The summed E-state index contributed by atoms with van der Waals surface area (Å²) >= 11 is 0. The second-order valence-corrected chi connectivity index (χ2v) is 6.77. The highest BCUT2D eigenvalue weighted by Crippen LogP contribution is 2.16. The predicted octanol–water partition coefficient (Wildman–Crippen LogP) is 3.56. The van der Waals surface area contributed by atoms with Gasteiger partial charge in [0.2, 0.25) is 0 Å². The van der Waals surface area contributed by atoms with Gasteiger partial charge >= 0.3 is 0 Å². The molecule has 0 aromatic rings. The first-order valence-electron chi connectivity index (χ1n) is 7.30. The molecule has 1 unspecified atom stereocenters. The highest BCUT2D eigenvalue weighted by Gasteiger charge is 2.19. The normalized spacial score (nSPS) is 14.3. The molecule has 0 saturated heterocycles. The fourth-order valence-corrected chi connectivity index (χ4v) is 1.72. The van der Waals surface area contributed by atoms with Crippen molar-refractivity contribution in [2.75, 3.05) is 13.1 Å². The van der Waals surface area contributed by atoms with Gasteiger partial charge in [-0.25, -0.2) is 0 Å². The summed E-state index contributed by atoms with van der Waals surface area (Å²) in [6.45, 7) is 13.3. The van der Waals surface area contributed by atoms with Crippen molar-refractivity contribution in [2.45, 2.75) is 72.8 Å². The average molecular weight is 242 g/mol. The first kappa shape index (κ1) is 16.9. The standard InChI is InChI=1S/C15H34N2/c1-13(2)10-8-6-7-9-11-17-12-14(16)15(3,4)5/h13-14,17H,6-12,16H2,1-5H3. The maximum atomic E-state index is 6.08. The van der Waals surface area contributed by atoms with Gasteiger partial charge in [-0.2, -0.15) is 0 Å². The zero-order chi connectivity index (χ0) is 13.3. The highest BCUT2D eigenvalue weighted by atomic mass is 14.9. The summed E-state index contributed by atoms with van der Waals surface area (Å²) in [7, 11) is 0. The molecule has 104 valence electrons. The van der Waals surface area contributed by atoms with Crippen molar-refractivity contribution in [1.29, 1.82) is 0 Å². The maximum absolute atomic E-state index is 6.08. The first-order valence-corrected chi connectivity index (χ1v) is 7.30. The van der Waals surface area contributed by atoms with Crippen molar-refractivity contribution >= 4 is 0 Å². The zero-order valence-electron chi connectivity index (χ0n) is 12.7. The minimum absolute atomic E-state index is 0.213. The lowest BCUT2D eigenvalue weighted by atomic mass is 9.87. The zero-order valence-corrected chi connectivity index (χ0v) is 12.7. The van der Waals surface area contributed by atoms with Crippen molar-refractivity contribution in [3.8, 4) is 0 Å². The van der Waals surface area contributed by atoms with E-state index in [2.05, 4.69) is 39.9 Å². The fraction of sp³-hybridized carbons (Fsp3) is 1.00. The number of rotatable bonds is 9. The van der Waals surface area contributed by atoms with Gasteiger partial charge in [0, 0.05) is 12.6 Å². The molecule has 0 saturated carbocycles. The van der Waals surface area contributed by atoms with E-state index in [0.29, 0.717) is 0 Å². The summed E-state index contributed by atoms with van der Waals surface area (Å²) in [4.78, 5) is 0. The van der Waals surface area contributed by atoms with Gasteiger partial charge in [0.25, 0.3) is 0 Å². The molecule has 0 aliphatic carbocycles. The molecule has 0 spiro atoms. The van der Waals surface area contributed by atoms with Gasteiger partial charge < -0.3 is 11.1 Å². The third-order valence-corrected chi connectivity index (χ3v) is 3.36. The van der Waals surface area contributed by atoms with Gasteiger partial charge in [0.1, 0.15) is 0 Å². The van der Waals surface area contributed by atoms with Gasteiger partial charge in [-0.05, 0) is 24.3 Å². The highest BCUT2D eigenvalue weighted by molar-refractivity contribution is 4.78. The second-order valence-electron chi connectivity index (χ2n) is 6.77. The van der Waals surface area contributed by atoms with Crippen LogP contribution in [-0.4, -0.2) is 19.1 Å². The van der Waals surface area contributed by atoms with Crippen LogP contribution in [0, 0.1) is 11.3 Å². The Hall–Kier alpha value is -0.0800. The lowest BCUT2D eigenvalue weighted by Gasteiger charge is -2.27. The van der Waals surface area contributed by atoms with E-state index in [0.717, 1.165) is 19.0 Å².